The molecule has 2 unspecified atom stereocenters. The van der Waals surface area contributed by atoms with E-state index in [4.69, 9.17) is 4.42 Å². The van der Waals surface area contributed by atoms with E-state index in [0.29, 0.717) is 0 Å². The van der Waals surface area contributed by atoms with Crippen molar-refractivity contribution < 1.29 is 4.42 Å². The Labute approximate surface area is 482 Å². The molecule has 0 amide bonds. The van der Waals surface area contributed by atoms with Gasteiger partial charge >= 0.3 is 6.71 Å². The lowest BCUT2D eigenvalue weighted by molar-refractivity contribution is 0.195. The fraction of sp³-hybridized carbons (Fsp3) is 0.378. The van der Waals surface area contributed by atoms with E-state index in [1.54, 1.807) is 0 Å². The number of hydrogen-bond acceptors (Lipinski definition) is 5. The highest BCUT2D eigenvalue weighted by atomic mass is 32.1. The minimum absolute atomic E-state index is 0.0122. The van der Waals surface area contributed by atoms with E-state index >= 15 is 0 Å². The van der Waals surface area contributed by atoms with Crippen molar-refractivity contribution in [3.8, 4) is 11.1 Å². The van der Waals surface area contributed by atoms with Crippen molar-refractivity contribution >= 4 is 101 Å². The molecule has 3 aliphatic heterocycles. The number of rotatable bonds is 4. The summed E-state index contributed by atoms with van der Waals surface area (Å²) in [4.78, 5) is 8.18. The molecule has 0 radical (unpaired) electrons. The zero-order valence-corrected chi connectivity index (χ0v) is 51.7. The van der Waals surface area contributed by atoms with Crippen molar-refractivity contribution in [2.24, 2.45) is 0 Å². The lowest BCUT2D eigenvalue weighted by atomic mass is 9.38. The van der Waals surface area contributed by atoms with Gasteiger partial charge in [0.1, 0.15) is 11.2 Å². The van der Waals surface area contributed by atoms with Crippen molar-refractivity contribution in [3.63, 3.8) is 0 Å². The normalized spacial score (nSPS) is 19.1. The molecule has 0 saturated heterocycles. The summed E-state index contributed by atoms with van der Waals surface area (Å²) in [7, 11) is 0. The maximum Gasteiger partial charge on any atom is 0.309 e. The van der Waals surface area contributed by atoms with Crippen LogP contribution in [0.3, 0.4) is 0 Å². The minimum atomic E-state index is -0.196. The molecular weight excluding hydrogens is 990 g/mol. The molecule has 408 valence electrons. The first kappa shape index (κ1) is 52.9. The van der Waals surface area contributed by atoms with Gasteiger partial charge in [0, 0.05) is 59.7 Å². The molecule has 9 aromatic rings. The van der Waals surface area contributed by atoms with E-state index in [-0.39, 0.29) is 44.7 Å². The number of hydrogen-bond donors (Lipinski definition) is 0. The van der Waals surface area contributed by atoms with Crippen LogP contribution in [0.1, 0.15) is 177 Å². The molecule has 0 spiro atoms. The largest absolute Gasteiger partial charge is 0.468 e. The van der Waals surface area contributed by atoms with Crippen LogP contribution in [0.4, 0.5) is 45.5 Å². The Morgan fingerprint density at radius 3 is 1.65 bits per heavy atom. The van der Waals surface area contributed by atoms with Gasteiger partial charge in [-0.15, -0.1) is 11.3 Å². The summed E-state index contributed by atoms with van der Waals surface area (Å²) in [6.07, 6.45) is 4.68. The first-order valence-corrected chi connectivity index (χ1v) is 30.6. The summed E-state index contributed by atoms with van der Waals surface area (Å²) in [5.41, 5.74) is 23.0. The van der Waals surface area contributed by atoms with Gasteiger partial charge in [0.05, 0.1) is 22.6 Å². The predicted octanol–water partition coefficient (Wildman–Crippen LogP) is 19.6. The minimum Gasteiger partial charge on any atom is -0.468 e. The van der Waals surface area contributed by atoms with Crippen LogP contribution in [-0.4, -0.2) is 12.3 Å². The summed E-state index contributed by atoms with van der Waals surface area (Å²) < 4.78 is 10.2. The summed E-state index contributed by atoms with van der Waals surface area (Å²) in [5, 5.41) is 2.44. The van der Waals surface area contributed by atoms with Gasteiger partial charge < -0.3 is 19.1 Å². The van der Waals surface area contributed by atoms with E-state index in [2.05, 4.69) is 272 Å². The lowest BCUT2D eigenvalue weighted by Crippen LogP contribution is -2.60. The van der Waals surface area contributed by atoms with Gasteiger partial charge in [-0.1, -0.05) is 196 Å². The van der Waals surface area contributed by atoms with Crippen LogP contribution in [0, 0.1) is 0 Å². The van der Waals surface area contributed by atoms with Crippen molar-refractivity contribution in [2.45, 2.75) is 181 Å². The SMILES string of the molecule is CC(C)(C)c1ccc(N2c3cc(N4c5ccc(C(C)(C)C)cc5C5(C)CCCCC45C)cc4c3B(c3oc5ccc(C(C)(C)C)cc5c32)c2sc3ccc(C(C)(C)C)cc3c2N4c2ccc(C(C)(C)C)cc2-c2ccccc2)cc1. The second-order valence-electron chi connectivity index (χ2n) is 29.8. The van der Waals surface area contributed by atoms with Crippen molar-refractivity contribution in [1.82, 2.24) is 0 Å². The van der Waals surface area contributed by atoms with Crippen LogP contribution in [0.25, 0.3) is 32.2 Å². The van der Waals surface area contributed by atoms with Crippen molar-refractivity contribution in [2.75, 3.05) is 14.7 Å². The molecule has 5 heterocycles. The van der Waals surface area contributed by atoms with Gasteiger partial charge in [-0.3, -0.25) is 0 Å². The molecule has 1 aliphatic carbocycles. The fourth-order valence-corrected chi connectivity index (χ4v) is 15.6. The molecule has 4 nitrogen and oxygen atoms in total. The maximum atomic E-state index is 7.61. The monoisotopic (exact) mass is 1070 g/mol. The number of nitrogens with zero attached hydrogens (tertiary/aromatic N) is 3. The molecule has 7 aromatic carbocycles. The van der Waals surface area contributed by atoms with E-state index < -0.39 is 0 Å². The maximum absolute atomic E-state index is 7.61. The van der Waals surface area contributed by atoms with Gasteiger partial charge in [0.2, 0.25) is 0 Å². The molecule has 0 bridgehead atoms. The highest BCUT2D eigenvalue weighted by Crippen LogP contribution is 2.63. The molecule has 4 aliphatic rings. The molecule has 1 fully saturated rings. The Kier molecular flexibility index (Phi) is 11.6. The number of furan rings is 1. The van der Waals surface area contributed by atoms with E-state index in [0.717, 1.165) is 40.8 Å². The Morgan fingerprint density at radius 2 is 1.01 bits per heavy atom. The number of benzene rings is 7. The van der Waals surface area contributed by atoms with Gasteiger partial charge in [0.25, 0.3) is 0 Å². The third kappa shape index (κ3) is 7.95. The van der Waals surface area contributed by atoms with E-state index in [1.807, 2.05) is 11.3 Å². The second kappa shape index (κ2) is 17.5. The Bertz CT molecular complexity index is 3980. The summed E-state index contributed by atoms with van der Waals surface area (Å²) in [6.45, 7) is 40.2. The Hall–Kier alpha value is -6.50. The fourth-order valence-electron chi connectivity index (χ4n) is 14.3. The molecular formula is C74H82BN3OS. The van der Waals surface area contributed by atoms with Crippen LogP contribution >= 0.6 is 11.3 Å². The van der Waals surface area contributed by atoms with Crippen LogP contribution in [0.5, 0.6) is 0 Å². The number of fused-ring (bicyclic) bond motifs is 11. The Morgan fingerprint density at radius 1 is 0.475 bits per heavy atom. The first-order valence-electron chi connectivity index (χ1n) is 29.7. The van der Waals surface area contributed by atoms with Crippen LogP contribution < -0.4 is 30.6 Å². The topological polar surface area (TPSA) is 22.9 Å². The summed E-state index contributed by atoms with van der Waals surface area (Å²) in [6, 6.07) is 55.1. The third-order valence-electron chi connectivity index (χ3n) is 19.4. The quantitative estimate of drug-likeness (QED) is 0.164. The van der Waals surface area contributed by atoms with Crippen molar-refractivity contribution in [3.05, 3.63) is 173 Å². The molecule has 80 heavy (non-hydrogen) atoms. The molecule has 2 atom stereocenters. The van der Waals surface area contributed by atoms with Crippen LogP contribution in [-0.2, 0) is 32.5 Å². The first-order chi connectivity index (χ1) is 37.6. The van der Waals surface area contributed by atoms with Crippen LogP contribution in [0.15, 0.2) is 144 Å². The standard InChI is InChI=1S/C74H82BN3OS/c1-68(2,3)46-25-31-51(32-26-46)76-59-43-52(78-58-34-28-50(72(13,14)15)42-56(58)73(16)37-21-22-38-74(73,78)17)44-60-63(59)75(66-64(76)54-40-48(70(7,8)9)29-35-61(54)79-66)67-65(55-41-49(71(10,11)12)30-36-62(55)80-67)77(60)57-33-27-47(69(4,5)6)39-53(57)45-23-19-18-20-24-45/h18-20,23-36,39-44H,21-22,37-38H2,1-17H3. The zero-order chi connectivity index (χ0) is 56.6. The smallest absolute Gasteiger partial charge is 0.309 e. The van der Waals surface area contributed by atoms with E-state index in [1.165, 1.54) is 112 Å². The van der Waals surface area contributed by atoms with E-state index in [9.17, 15) is 0 Å². The van der Waals surface area contributed by atoms with Gasteiger partial charge in [0.15, 0.2) is 0 Å². The molecule has 13 rings (SSSR count). The molecule has 2 aromatic heterocycles. The molecule has 0 N–H and O–H groups in total. The summed E-state index contributed by atoms with van der Waals surface area (Å²) >= 11 is 1.95. The molecule has 6 heteroatoms. The second-order valence-corrected chi connectivity index (χ2v) is 30.9. The number of anilines is 8. The highest BCUT2D eigenvalue weighted by Gasteiger charge is 2.59. The van der Waals surface area contributed by atoms with Crippen LogP contribution in [0.2, 0.25) is 0 Å². The Balaban J connectivity index is 1.22. The lowest BCUT2D eigenvalue weighted by Gasteiger charge is -2.51. The van der Waals surface area contributed by atoms with Crippen molar-refractivity contribution in [1.29, 1.82) is 0 Å². The molecule has 1 saturated carbocycles. The predicted molar refractivity (Wildman–Crippen MR) is 347 cm³/mol. The van der Waals surface area contributed by atoms with Gasteiger partial charge in [-0.25, -0.2) is 0 Å². The third-order valence-corrected chi connectivity index (χ3v) is 20.6. The number of thiophene rings is 1. The summed E-state index contributed by atoms with van der Waals surface area (Å²) in [5.74, 6) is 0. The average molecular weight is 1070 g/mol. The highest BCUT2D eigenvalue weighted by molar-refractivity contribution is 7.33. The zero-order valence-electron chi connectivity index (χ0n) is 50.8. The van der Waals surface area contributed by atoms with Gasteiger partial charge in [-0.05, 0) is 158 Å². The van der Waals surface area contributed by atoms with Gasteiger partial charge in [-0.2, -0.15) is 0 Å². The average Bonchev–Trinajstić information content (AvgIpc) is 4.21.